The van der Waals surface area contributed by atoms with Crippen LogP contribution in [0.4, 0.5) is 5.69 Å². The number of hydrogen-bond acceptors (Lipinski definition) is 3. The third-order valence-corrected chi connectivity index (χ3v) is 2.38. The van der Waals surface area contributed by atoms with Gasteiger partial charge in [-0.2, -0.15) is 0 Å². The average molecular weight is 207 g/mol. The Balaban J connectivity index is 2.78. The molecule has 0 saturated heterocycles. The molecule has 1 N–H and O–H groups in total. The summed E-state index contributed by atoms with van der Waals surface area (Å²) < 4.78 is 4.58. The Bertz CT molecular complexity index is 347. The van der Waals surface area contributed by atoms with Gasteiger partial charge in [-0.3, -0.25) is 4.79 Å². The van der Waals surface area contributed by atoms with Crippen LogP contribution in [-0.2, 0) is 16.0 Å². The van der Waals surface area contributed by atoms with E-state index in [-0.39, 0.29) is 12.5 Å². The Kier molecular flexibility index (Phi) is 4.16. The van der Waals surface area contributed by atoms with E-state index in [1.165, 1.54) is 12.7 Å². The van der Waals surface area contributed by atoms with Crippen LogP contribution in [0.1, 0.15) is 18.1 Å². The topological polar surface area (TPSA) is 38.3 Å². The second-order valence-electron chi connectivity index (χ2n) is 3.39. The summed E-state index contributed by atoms with van der Waals surface area (Å²) in [5.41, 5.74) is 3.42. The minimum absolute atomic E-state index is 0.217. The number of methoxy groups -OCH3 is 1. The monoisotopic (exact) mass is 207 g/mol. The lowest BCUT2D eigenvalue weighted by Gasteiger charge is -2.12. The molecule has 1 aromatic carbocycles. The zero-order valence-corrected chi connectivity index (χ0v) is 9.46. The molecule has 0 aliphatic carbocycles. The number of benzene rings is 1. The van der Waals surface area contributed by atoms with Gasteiger partial charge in [0.1, 0.15) is 6.54 Å². The first-order valence-electron chi connectivity index (χ1n) is 5.08. The average Bonchev–Trinajstić information content (AvgIpc) is 2.26. The van der Waals surface area contributed by atoms with E-state index in [2.05, 4.69) is 23.0 Å². The van der Waals surface area contributed by atoms with Gasteiger partial charge in [-0.1, -0.05) is 25.1 Å². The van der Waals surface area contributed by atoms with Crippen LogP contribution < -0.4 is 5.32 Å². The van der Waals surface area contributed by atoms with Crippen molar-refractivity contribution < 1.29 is 9.53 Å². The van der Waals surface area contributed by atoms with Crippen LogP contribution in [0.2, 0.25) is 0 Å². The van der Waals surface area contributed by atoms with Crippen LogP contribution >= 0.6 is 0 Å². The third kappa shape index (κ3) is 2.98. The predicted molar refractivity (Wildman–Crippen MR) is 61.1 cm³/mol. The second kappa shape index (κ2) is 5.39. The van der Waals surface area contributed by atoms with Gasteiger partial charge in [-0.25, -0.2) is 0 Å². The summed E-state index contributed by atoms with van der Waals surface area (Å²) in [5, 5.41) is 3.11. The summed E-state index contributed by atoms with van der Waals surface area (Å²) in [7, 11) is 1.39. The van der Waals surface area contributed by atoms with Gasteiger partial charge in [-0.05, 0) is 24.5 Å². The Morgan fingerprint density at radius 1 is 1.47 bits per heavy atom. The highest BCUT2D eigenvalue weighted by atomic mass is 16.5. The minimum Gasteiger partial charge on any atom is -0.468 e. The van der Waals surface area contributed by atoms with Crippen molar-refractivity contribution in [2.75, 3.05) is 19.0 Å². The van der Waals surface area contributed by atoms with E-state index < -0.39 is 0 Å². The van der Waals surface area contributed by atoms with E-state index in [0.29, 0.717) is 0 Å². The molecule has 3 heteroatoms. The molecule has 0 aromatic heterocycles. The van der Waals surface area contributed by atoms with Gasteiger partial charge in [-0.15, -0.1) is 0 Å². The van der Waals surface area contributed by atoms with Gasteiger partial charge < -0.3 is 10.1 Å². The molecule has 1 aromatic rings. The van der Waals surface area contributed by atoms with Crippen LogP contribution in [0.15, 0.2) is 18.2 Å². The van der Waals surface area contributed by atoms with E-state index in [9.17, 15) is 4.79 Å². The van der Waals surface area contributed by atoms with E-state index in [4.69, 9.17) is 0 Å². The fourth-order valence-corrected chi connectivity index (χ4v) is 1.51. The second-order valence-corrected chi connectivity index (χ2v) is 3.39. The van der Waals surface area contributed by atoms with Gasteiger partial charge in [0, 0.05) is 5.69 Å². The van der Waals surface area contributed by atoms with Crippen LogP contribution in [0.25, 0.3) is 0 Å². The van der Waals surface area contributed by atoms with Crippen molar-refractivity contribution in [2.45, 2.75) is 20.3 Å². The maximum atomic E-state index is 11.0. The lowest BCUT2D eigenvalue weighted by Crippen LogP contribution is -2.16. The molecule has 3 nitrogen and oxygen atoms in total. The molecule has 0 aliphatic rings. The molecule has 0 unspecified atom stereocenters. The van der Waals surface area contributed by atoms with Gasteiger partial charge in [0.15, 0.2) is 0 Å². The number of esters is 1. The highest BCUT2D eigenvalue weighted by Crippen LogP contribution is 2.20. The predicted octanol–water partition coefficient (Wildman–Crippen LogP) is 2.14. The number of anilines is 1. The largest absolute Gasteiger partial charge is 0.468 e. The number of para-hydroxylation sites is 1. The van der Waals surface area contributed by atoms with Crippen LogP contribution in [0.3, 0.4) is 0 Å². The number of carbonyl (C=O) groups excluding carboxylic acids is 1. The van der Waals surface area contributed by atoms with Crippen LogP contribution in [0, 0.1) is 6.92 Å². The van der Waals surface area contributed by atoms with Crippen molar-refractivity contribution in [2.24, 2.45) is 0 Å². The Hall–Kier alpha value is -1.51. The summed E-state index contributed by atoms with van der Waals surface area (Å²) in [6.45, 7) is 4.34. The van der Waals surface area contributed by atoms with Crippen molar-refractivity contribution in [3.05, 3.63) is 29.3 Å². The fourth-order valence-electron chi connectivity index (χ4n) is 1.51. The van der Waals surface area contributed by atoms with E-state index in [0.717, 1.165) is 17.7 Å². The highest BCUT2D eigenvalue weighted by Gasteiger charge is 2.05. The number of carbonyl (C=O) groups is 1. The van der Waals surface area contributed by atoms with Crippen molar-refractivity contribution in [1.29, 1.82) is 0 Å². The number of rotatable bonds is 4. The molecule has 0 radical (unpaired) electrons. The zero-order chi connectivity index (χ0) is 11.3. The number of ether oxygens (including phenoxy) is 1. The van der Waals surface area contributed by atoms with Gasteiger partial charge in [0.25, 0.3) is 0 Å². The first-order chi connectivity index (χ1) is 7.19. The van der Waals surface area contributed by atoms with Crippen LogP contribution in [-0.4, -0.2) is 19.6 Å². The van der Waals surface area contributed by atoms with Crippen molar-refractivity contribution in [3.8, 4) is 0 Å². The molecule has 1 rings (SSSR count). The molecular weight excluding hydrogens is 190 g/mol. The molecule has 82 valence electrons. The normalized spacial score (nSPS) is 9.80. The summed E-state index contributed by atoms with van der Waals surface area (Å²) in [6.07, 6.45) is 0.950. The van der Waals surface area contributed by atoms with E-state index >= 15 is 0 Å². The zero-order valence-electron chi connectivity index (χ0n) is 9.46. The number of nitrogens with one attached hydrogen (secondary N) is 1. The number of hydrogen-bond donors (Lipinski definition) is 1. The Labute approximate surface area is 90.4 Å². The Morgan fingerprint density at radius 2 is 2.20 bits per heavy atom. The summed E-state index contributed by atoms with van der Waals surface area (Å²) in [4.78, 5) is 11.0. The summed E-state index contributed by atoms with van der Waals surface area (Å²) in [5.74, 6) is -0.250. The molecule has 0 amide bonds. The van der Waals surface area contributed by atoms with Gasteiger partial charge in [0.05, 0.1) is 7.11 Å². The number of aryl methyl sites for hydroxylation is 2. The quantitative estimate of drug-likeness (QED) is 0.769. The van der Waals surface area contributed by atoms with Gasteiger partial charge in [0.2, 0.25) is 0 Å². The van der Waals surface area contributed by atoms with E-state index in [1.807, 2.05) is 19.1 Å². The van der Waals surface area contributed by atoms with Crippen molar-refractivity contribution in [1.82, 2.24) is 0 Å². The molecule has 0 fully saturated rings. The minimum atomic E-state index is -0.250. The fraction of sp³-hybridized carbons (Fsp3) is 0.417. The lowest BCUT2D eigenvalue weighted by atomic mass is 10.1. The summed E-state index contributed by atoms with van der Waals surface area (Å²) in [6, 6.07) is 6.11. The smallest absolute Gasteiger partial charge is 0.325 e. The van der Waals surface area contributed by atoms with Gasteiger partial charge >= 0.3 is 5.97 Å². The summed E-state index contributed by atoms with van der Waals surface area (Å²) >= 11 is 0. The maximum Gasteiger partial charge on any atom is 0.325 e. The molecule has 0 saturated carbocycles. The SMILES string of the molecule is CCc1cccc(C)c1NCC(=O)OC. The molecule has 0 bridgehead atoms. The Morgan fingerprint density at radius 3 is 2.80 bits per heavy atom. The molecule has 0 heterocycles. The maximum absolute atomic E-state index is 11.0. The molecule has 0 aliphatic heterocycles. The first kappa shape index (κ1) is 11.6. The highest BCUT2D eigenvalue weighted by molar-refractivity contribution is 5.75. The molecule has 15 heavy (non-hydrogen) atoms. The first-order valence-corrected chi connectivity index (χ1v) is 5.08. The van der Waals surface area contributed by atoms with E-state index in [1.54, 1.807) is 0 Å². The lowest BCUT2D eigenvalue weighted by molar-refractivity contribution is -0.138. The third-order valence-electron chi connectivity index (χ3n) is 2.38. The van der Waals surface area contributed by atoms with Crippen LogP contribution in [0.5, 0.6) is 0 Å². The molecular formula is C12H17NO2. The molecule has 0 atom stereocenters. The standard InChI is InChI=1S/C12H17NO2/c1-4-10-7-5-6-9(2)12(10)13-8-11(14)15-3/h5-7,13H,4,8H2,1-3H3. The van der Waals surface area contributed by atoms with Crippen molar-refractivity contribution >= 4 is 11.7 Å². The molecule has 0 spiro atoms. The van der Waals surface area contributed by atoms with Crippen molar-refractivity contribution in [3.63, 3.8) is 0 Å².